The van der Waals surface area contributed by atoms with Gasteiger partial charge in [0.05, 0.1) is 17.6 Å². The molecule has 1 aromatic heterocycles. The van der Waals surface area contributed by atoms with Crippen molar-refractivity contribution in [2.75, 3.05) is 25.5 Å². The molecule has 1 rings (SSSR count). The Hall–Kier alpha value is -1.16. The summed E-state index contributed by atoms with van der Waals surface area (Å²) in [4.78, 5) is 11.5. The lowest BCUT2D eigenvalue weighted by atomic mass is 10.2. The highest BCUT2D eigenvalue weighted by Gasteiger charge is 2.12. The molecule has 0 radical (unpaired) electrons. The number of hydrogen-bond acceptors (Lipinski definition) is 4. The second-order valence-electron chi connectivity index (χ2n) is 5.37. The van der Waals surface area contributed by atoms with E-state index in [1.165, 1.54) is 19.3 Å². The van der Waals surface area contributed by atoms with Crippen LogP contribution in [-0.2, 0) is 6.54 Å². The van der Waals surface area contributed by atoms with E-state index in [1.54, 1.807) is 0 Å². The molecule has 108 valence electrons. The third-order valence-electron chi connectivity index (χ3n) is 3.23. The van der Waals surface area contributed by atoms with Crippen molar-refractivity contribution in [1.82, 2.24) is 15.3 Å². The fraction of sp³-hybridized carbons (Fsp3) is 0.733. The zero-order chi connectivity index (χ0) is 14.3. The molecule has 1 N–H and O–H groups in total. The van der Waals surface area contributed by atoms with Crippen molar-refractivity contribution in [1.29, 1.82) is 0 Å². The van der Waals surface area contributed by atoms with Crippen molar-refractivity contribution in [3.05, 3.63) is 17.7 Å². The van der Waals surface area contributed by atoms with Gasteiger partial charge in [-0.1, -0.05) is 33.6 Å². The van der Waals surface area contributed by atoms with Crippen LogP contribution in [0.5, 0.6) is 0 Å². The van der Waals surface area contributed by atoms with E-state index in [0.29, 0.717) is 5.92 Å². The van der Waals surface area contributed by atoms with Gasteiger partial charge in [0.2, 0.25) is 0 Å². The number of aromatic nitrogens is 2. The highest BCUT2D eigenvalue weighted by atomic mass is 15.1. The lowest BCUT2D eigenvalue weighted by Crippen LogP contribution is -2.23. The third-order valence-corrected chi connectivity index (χ3v) is 3.23. The quantitative estimate of drug-likeness (QED) is 0.733. The lowest BCUT2D eigenvalue weighted by molar-refractivity contribution is 0.688. The molecule has 1 heterocycles. The minimum absolute atomic E-state index is 0.370. The average molecular weight is 264 g/mol. The first kappa shape index (κ1) is 15.9. The molecule has 0 spiro atoms. The zero-order valence-corrected chi connectivity index (χ0v) is 13.0. The van der Waals surface area contributed by atoms with Gasteiger partial charge in [0.25, 0.3) is 0 Å². The number of rotatable bonds is 8. The van der Waals surface area contributed by atoms with Crippen LogP contribution in [0, 0.1) is 0 Å². The van der Waals surface area contributed by atoms with Crippen molar-refractivity contribution in [2.45, 2.75) is 52.5 Å². The van der Waals surface area contributed by atoms with Crippen LogP contribution in [0.25, 0.3) is 0 Å². The summed E-state index contributed by atoms with van der Waals surface area (Å²) >= 11 is 0. The fourth-order valence-electron chi connectivity index (χ4n) is 2.04. The Morgan fingerprint density at radius 1 is 1.32 bits per heavy atom. The normalized spacial score (nSPS) is 11.1. The number of nitrogens with zero attached hydrogens (tertiary/aromatic N) is 3. The second kappa shape index (κ2) is 8.10. The number of nitrogens with one attached hydrogen (secondary N) is 1. The van der Waals surface area contributed by atoms with E-state index in [4.69, 9.17) is 4.98 Å². The van der Waals surface area contributed by atoms with Crippen molar-refractivity contribution in [3.63, 3.8) is 0 Å². The minimum atomic E-state index is 0.370. The van der Waals surface area contributed by atoms with E-state index in [9.17, 15) is 0 Å². The number of anilines is 1. The Labute approximate surface area is 117 Å². The molecule has 0 unspecified atom stereocenters. The fourth-order valence-corrected chi connectivity index (χ4v) is 2.04. The average Bonchev–Trinajstić information content (AvgIpc) is 2.39. The standard InChI is InChI=1S/C15H28N4/c1-6-7-8-9-19(5)14-11-17-15(12(2)3)18-13(14)10-16-4/h11-12,16H,6-10H2,1-5H3. The molecule has 0 fully saturated rings. The summed E-state index contributed by atoms with van der Waals surface area (Å²) in [6, 6.07) is 0. The van der Waals surface area contributed by atoms with Crippen LogP contribution in [0.1, 0.15) is 57.5 Å². The summed E-state index contributed by atoms with van der Waals surface area (Å²) in [5.41, 5.74) is 2.25. The highest BCUT2D eigenvalue weighted by Crippen LogP contribution is 2.20. The molecule has 0 aliphatic rings. The molecule has 4 nitrogen and oxygen atoms in total. The van der Waals surface area contributed by atoms with Crippen LogP contribution >= 0.6 is 0 Å². The summed E-state index contributed by atoms with van der Waals surface area (Å²) in [5.74, 6) is 1.30. The van der Waals surface area contributed by atoms with E-state index in [2.05, 4.69) is 43.0 Å². The molecule has 0 aromatic carbocycles. The topological polar surface area (TPSA) is 41.1 Å². The van der Waals surface area contributed by atoms with Gasteiger partial charge in [-0.3, -0.25) is 0 Å². The van der Waals surface area contributed by atoms with Crippen LogP contribution in [0.4, 0.5) is 5.69 Å². The van der Waals surface area contributed by atoms with Gasteiger partial charge in [0.15, 0.2) is 0 Å². The molecule has 1 aromatic rings. The van der Waals surface area contributed by atoms with Gasteiger partial charge in [-0.15, -0.1) is 0 Å². The van der Waals surface area contributed by atoms with E-state index >= 15 is 0 Å². The van der Waals surface area contributed by atoms with Crippen LogP contribution < -0.4 is 10.2 Å². The molecular weight excluding hydrogens is 236 g/mol. The minimum Gasteiger partial charge on any atom is -0.372 e. The Kier molecular flexibility index (Phi) is 6.78. The molecular formula is C15H28N4. The summed E-state index contributed by atoms with van der Waals surface area (Å²) in [5, 5.41) is 3.20. The largest absolute Gasteiger partial charge is 0.372 e. The maximum absolute atomic E-state index is 4.70. The smallest absolute Gasteiger partial charge is 0.131 e. The molecule has 0 saturated heterocycles. The Morgan fingerprint density at radius 2 is 2.05 bits per heavy atom. The molecule has 0 aliphatic heterocycles. The van der Waals surface area contributed by atoms with Crippen LogP contribution in [0.2, 0.25) is 0 Å². The molecule has 0 amide bonds. The maximum atomic E-state index is 4.70. The van der Waals surface area contributed by atoms with Crippen molar-refractivity contribution < 1.29 is 0 Å². The Balaban J connectivity index is 2.85. The first-order chi connectivity index (χ1) is 9.10. The Bertz CT molecular complexity index is 376. The molecule has 19 heavy (non-hydrogen) atoms. The summed E-state index contributed by atoms with van der Waals surface area (Å²) < 4.78 is 0. The van der Waals surface area contributed by atoms with Crippen molar-refractivity contribution in [2.24, 2.45) is 0 Å². The van der Waals surface area contributed by atoms with Crippen LogP contribution in [0.3, 0.4) is 0 Å². The summed E-state index contributed by atoms with van der Waals surface area (Å²) in [6.45, 7) is 8.34. The predicted molar refractivity (Wildman–Crippen MR) is 81.7 cm³/mol. The zero-order valence-electron chi connectivity index (χ0n) is 13.0. The summed E-state index contributed by atoms with van der Waals surface area (Å²) in [6.07, 6.45) is 5.72. The predicted octanol–water partition coefficient (Wildman–Crippen LogP) is 2.95. The monoisotopic (exact) mass is 264 g/mol. The third kappa shape index (κ3) is 4.78. The molecule has 0 bridgehead atoms. The number of hydrogen-bond donors (Lipinski definition) is 1. The lowest BCUT2D eigenvalue weighted by Gasteiger charge is -2.22. The van der Waals surface area contributed by atoms with E-state index in [-0.39, 0.29) is 0 Å². The molecule has 0 aliphatic carbocycles. The van der Waals surface area contributed by atoms with Gasteiger partial charge >= 0.3 is 0 Å². The van der Waals surface area contributed by atoms with Gasteiger partial charge in [-0.25, -0.2) is 9.97 Å². The van der Waals surface area contributed by atoms with Gasteiger partial charge in [0.1, 0.15) is 5.82 Å². The van der Waals surface area contributed by atoms with Gasteiger partial charge < -0.3 is 10.2 Å². The van der Waals surface area contributed by atoms with Crippen LogP contribution in [0.15, 0.2) is 6.20 Å². The molecule has 0 atom stereocenters. The first-order valence-electron chi connectivity index (χ1n) is 7.31. The van der Waals surface area contributed by atoms with Gasteiger partial charge in [0, 0.05) is 26.1 Å². The van der Waals surface area contributed by atoms with E-state index < -0.39 is 0 Å². The molecule has 4 heteroatoms. The van der Waals surface area contributed by atoms with Gasteiger partial charge in [-0.05, 0) is 13.5 Å². The van der Waals surface area contributed by atoms with E-state index in [1.807, 2.05) is 13.2 Å². The van der Waals surface area contributed by atoms with Crippen LogP contribution in [-0.4, -0.2) is 30.6 Å². The Morgan fingerprint density at radius 3 is 2.63 bits per heavy atom. The number of unbranched alkanes of at least 4 members (excludes halogenated alkanes) is 2. The first-order valence-corrected chi connectivity index (χ1v) is 7.31. The van der Waals surface area contributed by atoms with Gasteiger partial charge in [-0.2, -0.15) is 0 Å². The SMILES string of the molecule is CCCCCN(C)c1cnc(C(C)C)nc1CNC. The second-order valence-corrected chi connectivity index (χ2v) is 5.37. The van der Waals surface area contributed by atoms with Crippen molar-refractivity contribution >= 4 is 5.69 Å². The highest BCUT2D eigenvalue weighted by molar-refractivity contribution is 5.48. The van der Waals surface area contributed by atoms with E-state index in [0.717, 1.165) is 30.3 Å². The van der Waals surface area contributed by atoms with Crippen molar-refractivity contribution in [3.8, 4) is 0 Å². The molecule has 0 saturated carbocycles. The summed E-state index contributed by atoms with van der Waals surface area (Å²) in [7, 11) is 4.08. The maximum Gasteiger partial charge on any atom is 0.131 e.